The van der Waals surface area contributed by atoms with Crippen molar-refractivity contribution in [3.63, 3.8) is 0 Å². The summed E-state index contributed by atoms with van der Waals surface area (Å²) < 4.78 is 6.28. The van der Waals surface area contributed by atoms with Crippen molar-refractivity contribution in [2.24, 2.45) is 0 Å². The summed E-state index contributed by atoms with van der Waals surface area (Å²) in [6.07, 6.45) is 3.39. The van der Waals surface area contributed by atoms with E-state index in [0.29, 0.717) is 11.3 Å². The highest BCUT2D eigenvalue weighted by Gasteiger charge is 2.07. The second kappa shape index (κ2) is 7.66. The van der Waals surface area contributed by atoms with Crippen LogP contribution in [0.3, 0.4) is 0 Å². The summed E-state index contributed by atoms with van der Waals surface area (Å²) in [5.74, 6) is 0.748. The van der Waals surface area contributed by atoms with Crippen LogP contribution in [-0.4, -0.2) is 17.9 Å². The Balaban J connectivity index is 1.58. The topological polar surface area (TPSA) is 65.2 Å². The molecule has 2 N–H and O–H groups in total. The summed E-state index contributed by atoms with van der Waals surface area (Å²) in [5, 5.41) is 0.953. The van der Waals surface area contributed by atoms with E-state index in [9.17, 15) is 4.79 Å². The summed E-state index contributed by atoms with van der Waals surface area (Å²) in [4.78, 5) is 17.0. The van der Waals surface area contributed by atoms with E-state index in [0.717, 1.165) is 32.1 Å². The van der Waals surface area contributed by atoms with E-state index in [1.54, 1.807) is 48.8 Å². The highest BCUT2D eigenvalue weighted by molar-refractivity contribution is 7.21. The Labute approximate surface area is 166 Å². The Morgan fingerprint density at radius 3 is 2.64 bits per heavy atom. The van der Waals surface area contributed by atoms with Gasteiger partial charge in [-0.2, -0.15) is 0 Å². The van der Waals surface area contributed by atoms with Gasteiger partial charge in [-0.3, -0.25) is 4.79 Å². The van der Waals surface area contributed by atoms with Crippen LogP contribution in [0.2, 0.25) is 0 Å². The van der Waals surface area contributed by atoms with Gasteiger partial charge in [0.05, 0.1) is 17.3 Å². The van der Waals surface area contributed by atoms with E-state index >= 15 is 0 Å². The minimum atomic E-state index is -0.0735. The molecule has 5 heteroatoms. The fraction of sp³-hybridized carbons (Fsp3) is 0.0435. The van der Waals surface area contributed by atoms with Gasteiger partial charge in [0, 0.05) is 16.8 Å². The number of hydrogen-bond donors (Lipinski definition) is 1. The van der Waals surface area contributed by atoms with Crippen LogP contribution in [0.1, 0.15) is 15.9 Å². The van der Waals surface area contributed by atoms with Crippen molar-refractivity contribution in [2.45, 2.75) is 0 Å². The SMILES string of the molecule is COc1ccc(-c2nc3ccc(/C=C/C(=O)c4cccc(N)c4)cc3s2)cc1. The van der Waals surface area contributed by atoms with Crippen molar-refractivity contribution >= 4 is 39.1 Å². The zero-order valence-corrected chi connectivity index (χ0v) is 16.1. The first kappa shape index (κ1) is 17.9. The highest BCUT2D eigenvalue weighted by atomic mass is 32.1. The smallest absolute Gasteiger partial charge is 0.185 e. The van der Waals surface area contributed by atoms with Crippen LogP contribution in [0.25, 0.3) is 26.9 Å². The van der Waals surface area contributed by atoms with Crippen molar-refractivity contribution in [3.8, 4) is 16.3 Å². The van der Waals surface area contributed by atoms with Crippen LogP contribution in [0.5, 0.6) is 5.75 Å². The minimum Gasteiger partial charge on any atom is -0.497 e. The molecule has 0 unspecified atom stereocenters. The van der Waals surface area contributed by atoms with Crippen molar-refractivity contribution in [1.29, 1.82) is 0 Å². The molecule has 0 spiro atoms. The zero-order valence-electron chi connectivity index (χ0n) is 15.3. The second-order valence-electron chi connectivity index (χ2n) is 6.30. The van der Waals surface area contributed by atoms with Gasteiger partial charge >= 0.3 is 0 Å². The van der Waals surface area contributed by atoms with Gasteiger partial charge in [0.2, 0.25) is 0 Å². The van der Waals surface area contributed by atoms with E-state index in [4.69, 9.17) is 15.5 Å². The third kappa shape index (κ3) is 3.80. The number of ketones is 1. The molecule has 4 aromatic rings. The lowest BCUT2D eigenvalue weighted by molar-refractivity contribution is 0.104. The first-order valence-electron chi connectivity index (χ1n) is 8.75. The third-order valence-electron chi connectivity index (χ3n) is 4.35. The number of rotatable bonds is 5. The maximum Gasteiger partial charge on any atom is 0.185 e. The van der Waals surface area contributed by atoms with Crippen LogP contribution < -0.4 is 10.5 Å². The number of thiazole rings is 1. The summed E-state index contributed by atoms with van der Waals surface area (Å²) in [6.45, 7) is 0. The number of carbonyl (C=O) groups is 1. The second-order valence-corrected chi connectivity index (χ2v) is 7.33. The molecule has 0 bridgehead atoms. The molecule has 4 nitrogen and oxygen atoms in total. The average molecular weight is 386 g/mol. The molecule has 0 radical (unpaired) electrons. The van der Waals surface area contributed by atoms with Crippen LogP contribution >= 0.6 is 11.3 Å². The lowest BCUT2D eigenvalue weighted by atomic mass is 10.1. The first-order valence-corrected chi connectivity index (χ1v) is 9.57. The predicted molar refractivity (Wildman–Crippen MR) is 116 cm³/mol. The standard InChI is InChI=1S/C23H18N2O2S/c1-27-19-9-7-16(8-10-19)23-25-20-11-5-15(13-22(20)28-23)6-12-21(26)17-3-2-4-18(24)14-17/h2-14H,24H2,1H3/b12-6+. The Morgan fingerprint density at radius 1 is 1.07 bits per heavy atom. The molecule has 0 saturated carbocycles. The quantitative estimate of drug-likeness (QED) is 0.281. The van der Waals surface area contributed by atoms with Gasteiger partial charge in [-0.25, -0.2) is 4.98 Å². The molecule has 28 heavy (non-hydrogen) atoms. The zero-order chi connectivity index (χ0) is 19.5. The van der Waals surface area contributed by atoms with E-state index < -0.39 is 0 Å². The fourth-order valence-electron chi connectivity index (χ4n) is 2.86. The van der Waals surface area contributed by atoms with Crippen LogP contribution in [0.4, 0.5) is 5.69 Å². The molecule has 0 atom stereocenters. The molecular formula is C23H18N2O2S. The number of allylic oxidation sites excluding steroid dienone is 1. The molecule has 1 aromatic heterocycles. The molecule has 4 rings (SSSR count). The van der Waals surface area contributed by atoms with Crippen LogP contribution in [0, 0.1) is 0 Å². The van der Waals surface area contributed by atoms with E-state index in [-0.39, 0.29) is 5.78 Å². The number of carbonyl (C=O) groups excluding carboxylic acids is 1. The molecule has 1 heterocycles. The molecule has 0 amide bonds. The number of nitrogens with two attached hydrogens (primary N) is 1. The number of nitrogens with zero attached hydrogens (tertiary/aromatic N) is 1. The summed E-state index contributed by atoms with van der Waals surface area (Å²) in [7, 11) is 1.65. The predicted octanol–water partition coefficient (Wildman–Crippen LogP) is 5.45. The number of anilines is 1. The molecule has 0 aliphatic rings. The molecule has 3 aromatic carbocycles. The van der Waals surface area contributed by atoms with Crippen molar-refractivity contribution in [2.75, 3.05) is 12.8 Å². The molecule has 138 valence electrons. The number of benzene rings is 3. The van der Waals surface area contributed by atoms with Gasteiger partial charge < -0.3 is 10.5 Å². The third-order valence-corrected chi connectivity index (χ3v) is 5.42. The van der Waals surface area contributed by atoms with Gasteiger partial charge in [-0.15, -0.1) is 11.3 Å². The maximum atomic E-state index is 12.3. The van der Waals surface area contributed by atoms with Gasteiger partial charge in [-0.05, 0) is 60.2 Å². The highest BCUT2D eigenvalue weighted by Crippen LogP contribution is 2.31. The van der Waals surface area contributed by atoms with E-state index in [1.165, 1.54) is 0 Å². The first-order chi connectivity index (χ1) is 13.6. The molecule has 0 aliphatic carbocycles. The lowest BCUT2D eigenvalue weighted by Gasteiger charge is -1.99. The van der Waals surface area contributed by atoms with Crippen LogP contribution in [0.15, 0.2) is 72.8 Å². The average Bonchev–Trinajstić information content (AvgIpc) is 3.15. The monoisotopic (exact) mass is 386 g/mol. The Kier molecular flexibility index (Phi) is 4.91. The molecule has 0 aliphatic heterocycles. The van der Waals surface area contributed by atoms with Crippen molar-refractivity contribution < 1.29 is 9.53 Å². The molecular weight excluding hydrogens is 368 g/mol. The van der Waals surface area contributed by atoms with Gasteiger partial charge in [0.15, 0.2) is 5.78 Å². The van der Waals surface area contributed by atoms with Gasteiger partial charge in [0.25, 0.3) is 0 Å². The number of fused-ring (bicyclic) bond motifs is 1. The number of methoxy groups -OCH3 is 1. The lowest BCUT2D eigenvalue weighted by Crippen LogP contribution is -1.95. The molecule has 0 saturated heterocycles. The minimum absolute atomic E-state index is 0.0735. The maximum absolute atomic E-state index is 12.3. The summed E-state index contributed by atoms with van der Waals surface area (Å²) >= 11 is 1.62. The Morgan fingerprint density at radius 2 is 1.89 bits per heavy atom. The van der Waals surface area contributed by atoms with E-state index in [1.807, 2.05) is 48.5 Å². The van der Waals surface area contributed by atoms with E-state index in [2.05, 4.69) is 0 Å². The van der Waals surface area contributed by atoms with Gasteiger partial charge in [-0.1, -0.05) is 24.3 Å². The van der Waals surface area contributed by atoms with Crippen LogP contribution in [-0.2, 0) is 0 Å². The number of hydrogen-bond acceptors (Lipinski definition) is 5. The number of nitrogen functional groups attached to an aromatic ring is 1. The fourth-order valence-corrected chi connectivity index (χ4v) is 3.88. The largest absolute Gasteiger partial charge is 0.497 e. The Hall–Kier alpha value is -3.44. The Bertz CT molecular complexity index is 1180. The summed E-state index contributed by atoms with van der Waals surface area (Å²) in [6, 6.07) is 20.8. The summed E-state index contributed by atoms with van der Waals surface area (Å²) in [5.41, 5.74) is 9.85. The number of ether oxygens (including phenoxy) is 1. The van der Waals surface area contributed by atoms with Crippen molar-refractivity contribution in [3.05, 3.63) is 83.9 Å². The van der Waals surface area contributed by atoms with Gasteiger partial charge in [0.1, 0.15) is 10.8 Å². The van der Waals surface area contributed by atoms with Crippen molar-refractivity contribution in [1.82, 2.24) is 4.98 Å². The number of aromatic nitrogens is 1. The normalized spacial score (nSPS) is 11.2. The molecule has 0 fully saturated rings.